The Morgan fingerprint density at radius 2 is 2.21 bits per heavy atom. The molecule has 0 aromatic heterocycles. The Bertz CT molecular complexity index is 527. The first-order chi connectivity index (χ1) is 8.94. The van der Waals surface area contributed by atoms with Gasteiger partial charge < -0.3 is 10.4 Å². The number of rotatable bonds is 3. The average molecular weight is 283 g/mol. The third kappa shape index (κ3) is 2.73. The van der Waals surface area contributed by atoms with Crippen molar-refractivity contribution in [1.82, 2.24) is 5.32 Å². The van der Waals surface area contributed by atoms with Gasteiger partial charge in [0.05, 0.1) is 0 Å². The van der Waals surface area contributed by atoms with Crippen molar-refractivity contribution in [3.8, 4) is 0 Å². The van der Waals surface area contributed by atoms with Crippen LogP contribution in [0.3, 0.4) is 0 Å². The summed E-state index contributed by atoms with van der Waals surface area (Å²) in [5.74, 6) is -0.852. The Labute approximate surface area is 114 Å². The van der Waals surface area contributed by atoms with E-state index in [2.05, 4.69) is 5.32 Å². The molecule has 1 aromatic rings. The first kappa shape index (κ1) is 13.9. The molecule has 1 aromatic carbocycles. The summed E-state index contributed by atoms with van der Waals surface area (Å²) in [5, 5.41) is 11.9. The second-order valence-electron chi connectivity index (χ2n) is 4.60. The number of hydrogen-bond acceptors (Lipinski definition) is 3. The van der Waals surface area contributed by atoms with Crippen LogP contribution in [-0.2, 0) is 4.79 Å². The summed E-state index contributed by atoms with van der Waals surface area (Å²) in [5.41, 5.74) is -0.412. The lowest BCUT2D eigenvalue weighted by Gasteiger charge is -2.24. The van der Waals surface area contributed by atoms with Gasteiger partial charge in [0.15, 0.2) is 0 Å². The molecule has 4 nitrogen and oxygen atoms in total. The normalized spacial score (nSPS) is 22.2. The number of carboxylic acids is 1. The van der Waals surface area contributed by atoms with Crippen molar-refractivity contribution in [3.05, 3.63) is 35.1 Å². The van der Waals surface area contributed by atoms with E-state index in [0.717, 1.165) is 0 Å². The molecule has 0 radical (unpaired) electrons. The molecule has 0 saturated carbocycles. The van der Waals surface area contributed by atoms with Crippen LogP contribution in [0.25, 0.3) is 0 Å². The maximum absolute atomic E-state index is 13.0. The predicted octanol–water partition coefficient (Wildman–Crippen LogP) is 1.82. The van der Waals surface area contributed by atoms with Crippen molar-refractivity contribution in [3.63, 3.8) is 0 Å². The molecular formula is C13H14FNO3S. The third-order valence-corrected chi connectivity index (χ3v) is 4.41. The van der Waals surface area contributed by atoms with Crippen molar-refractivity contribution < 1.29 is 19.1 Å². The van der Waals surface area contributed by atoms with Gasteiger partial charge in [0.1, 0.15) is 11.4 Å². The number of thioether (sulfide) groups is 1. The highest BCUT2D eigenvalue weighted by Crippen LogP contribution is 2.28. The molecule has 1 fully saturated rings. The summed E-state index contributed by atoms with van der Waals surface area (Å²) in [6, 6.07) is 3.82. The number of carbonyl (C=O) groups is 2. The van der Waals surface area contributed by atoms with Crippen molar-refractivity contribution in [2.45, 2.75) is 18.9 Å². The molecule has 2 N–H and O–H groups in total. The minimum atomic E-state index is -1.21. The molecule has 1 unspecified atom stereocenters. The Hall–Kier alpha value is -1.56. The number of aliphatic carboxylic acids is 1. The van der Waals surface area contributed by atoms with E-state index >= 15 is 0 Å². The Kier molecular flexibility index (Phi) is 3.80. The van der Waals surface area contributed by atoms with Gasteiger partial charge in [-0.3, -0.25) is 4.79 Å². The van der Waals surface area contributed by atoms with Gasteiger partial charge in [0.2, 0.25) is 0 Å². The van der Waals surface area contributed by atoms with Gasteiger partial charge in [0, 0.05) is 11.3 Å². The summed E-state index contributed by atoms with van der Waals surface area (Å²) in [6.07, 6.45) is 0.402. The lowest BCUT2D eigenvalue weighted by molar-refractivity contribution is -0.143. The molecule has 1 heterocycles. The van der Waals surface area contributed by atoms with Crippen LogP contribution in [0.15, 0.2) is 18.2 Å². The number of amides is 1. The van der Waals surface area contributed by atoms with E-state index < -0.39 is 23.2 Å². The SMILES string of the molecule is Cc1cc(F)ccc1C(=O)NC1(C(=O)O)CCSC1. The number of carbonyl (C=O) groups excluding carboxylic acids is 1. The van der Waals surface area contributed by atoms with E-state index in [1.54, 1.807) is 6.92 Å². The quantitative estimate of drug-likeness (QED) is 0.888. The number of carboxylic acid groups (broad SMARTS) is 1. The lowest BCUT2D eigenvalue weighted by Crippen LogP contribution is -2.54. The van der Waals surface area contributed by atoms with Crippen LogP contribution in [0.1, 0.15) is 22.3 Å². The summed E-state index contributed by atoms with van der Waals surface area (Å²) in [4.78, 5) is 23.5. The number of hydrogen-bond donors (Lipinski definition) is 2. The van der Waals surface area contributed by atoms with E-state index in [1.165, 1.54) is 30.0 Å². The highest BCUT2D eigenvalue weighted by Gasteiger charge is 2.43. The fourth-order valence-electron chi connectivity index (χ4n) is 2.05. The molecule has 1 atom stereocenters. The van der Waals surface area contributed by atoms with Crippen LogP contribution in [0.5, 0.6) is 0 Å². The smallest absolute Gasteiger partial charge is 0.330 e. The monoisotopic (exact) mass is 283 g/mol. The Balaban J connectivity index is 2.22. The van der Waals surface area contributed by atoms with Gasteiger partial charge in [-0.25, -0.2) is 9.18 Å². The van der Waals surface area contributed by atoms with Crippen LogP contribution >= 0.6 is 11.8 Å². The average Bonchev–Trinajstić information content (AvgIpc) is 2.78. The summed E-state index contributed by atoms with van der Waals surface area (Å²) >= 11 is 1.50. The molecular weight excluding hydrogens is 269 g/mol. The maximum Gasteiger partial charge on any atom is 0.330 e. The first-order valence-corrected chi connectivity index (χ1v) is 7.00. The first-order valence-electron chi connectivity index (χ1n) is 5.84. The molecule has 0 spiro atoms. The largest absolute Gasteiger partial charge is 0.479 e. The van der Waals surface area contributed by atoms with E-state index in [4.69, 9.17) is 0 Å². The second kappa shape index (κ2) is 5.21. The van der Waals surface area contributed by atoms with Gasteiger partial charge in [-0.15, -0.1) is 0 Å². The van der Waals surface area contributed by atoms with Crippen molar-refractivity contribution >= 4 is 23.6 Å². The van der Waals surface area contributed by atoms with Crippen LogP contribution in [0.4, 0.5) is 4.39 Å². The van der Waals surface area contributed by atoms with Gasteiger partial charge in [-0.2, -0.15) is 11.8 Å². The summed E-state index contributed by atoms with van der Waals surface area (Å²) < 4.78 is 13.0. The van der Waals surface area contributed by atoms with E-state index in [0.29, 0.717) is 29.1 Å². The fraction of sp³-hybridized carbons (Fsp3) is 0.385. The lowest BCUT2D eigenvalue weighted by atomic mass is 9.98. The Morgan fingerprint density at radius 1 is 1.47 bits per heavy atom. The number of aryl methyl sites for hydroxylation is 1. The molecule has 2 rings (SSSR count). The molecule has 0 bridgehead atoms. The molecule has 0 aliphatic carbocycles. The van der Waals surface area contributed by atoms with Crippen LogP contribution in [0, 0.1) is 12.7 Å². The molecule has 6 heteroatoms. The van der Waals surface area contributed by atoms with Crippen molar-refractivity contribution in [2.24, 2.45) is 0 Å². The Morgan fingerprint density at radius 3 is 2.74 bits per heavy atom. The minimum absolute atomic E-state index is 0.305. The zero-order chi connectivity index (χ0) is 14.0. The molecule has 19 heavy (non-hydrogen) atoms. The number of nitrogens with one attached hydrogen (secondary N) is 1. The van der Waals surface area contributed by atoms with E-state index in [1.807, 2.05) is 0 Å². The van der Waals surface area contributed by atoms with Gasteiger partial charge in [-0.05, 0) is 42.9 Å². The van der Waals surface area contributed by atoms with E-state index in [9.17, 15) is 19.1 Å². The summed E-state index contributed by atoms with van der Waals surface area (Å²) in [7, 11) is 0. The second-order valence-corrected chi connectivity index (χ2v) is 5.71. The third-order valence-electron chi connectivity index (χ3n) is 3.22. The molecule has 1 aliphatic rings. The molecule has 1 saturated heterocycles. The van der Waals surface area contributed by atoms with Gasteiger partial charge >= 0.3 is 5.97 Å². The topological polar surface area (TPSA) is 66.4 Å². The van der Waals surface area contributed by atoms with E-state index in [-0.39, 0.29) is 0 Å². The minimum Gasteiger partial charge on any atom is -0.479 e. The predicted molar refractivity (Wildman–Crippen MR) is 70.9 cm³/mol. The van der Waals surface area contributed by atoms with Crippen molar-refractivity contribution in [2.75, 3.05) is 11.5 Å². The standard InChI is InChI=1S/C13H14FNO3S/c1-8-6-9(14)2-3-10(8)11(16)15-13(12(17)18)4-5-19-7-13/h2-3,6H,4-5,7H2,1H3,(H,15,16)(H,17,18). The summed E-state index contributed by atoms with van der Waals surface area (Å²) in [6.45, 7) is 1.62. The molecule has 102 valence electrons. The van der Waals surface area contributed by atoms with Gasteiger partial charge in [0.25, 0.3) is 5.91 Å². The zero-order valence-corrected chi connectivity index (χ0v) is 11.2. The maximum atomic E-state index is 13.0. The number of halogens is 1. The van der Waals surface area contributed by atoms with Crippen LogP contribution < -0.4 is 5.32 Å². The molecule has 1 aliphatic heterocycles. The van der Waals surface area contributed by atoms with Crippen LogP contribution in [-0.4, -0.2) is 34.0 Å². The number of benzene rings is 1. The van der Waals surface area contributed by atoms with Crippen LogP contribution in [0.2, 0.25) is 0 Å². The zero-order valence-electron chi connectivity index (χ0n) is 10.4. The van der Waals surface area contributed by atoms with Crippen molar-refractivity contribution in [1.29, 1.82) is 0 Å². The van der Waals surface area contributed by atoms with Gasteiger partial charge in [-0.1, -0.05) is 0 Å². The fourth-order valence-corrected chi connectivity index (χ4v) is 3.38. The highest BCUT2D eigenvalue weighted by molar-refractivity contribution is 7.99. The molecule has 1 amide bonds. The highest BCUT2D eigenvalue weighted by atomic mass is 32.2.